The Bertz CT molecular complexity index is 606. The molecule has 114 valence electrons. The number of carbonyl (C=O) groups is 3. The van der Waals surface area contributed by atoms with Crippen LogP contribution in [0, 0.1) is 17.5 Å². The van der Waals surface area contributed by atoms with Crippen molar-refractivity contribution < 1.29 is 37.8 Å². The van der Waals surface area contributed by atoms with Crippen molar-refractivity contribution in [2.45, 2.75) is 0 Å². The fourth-order valence-corrected chi connectivity index (χ4v) is 1.25. The highest BCUT2D eigenvalue weighted by molar-refractivity contribution is 5.97. The van der Waals surface area contributed by atoms with E-state index < -0.39 is 59.6 Å². The lowest BCUT2D eigenvalue weighted by Gasteiger charge is -2.08. The summed E-state index contributed by atoms with van der Waals surface area (Å²) in [4.78, 5) is 32.7. The average molecular weight is 306 g/mol. The zero-order chi connectivity index (χ0) is 16.2. The van der Waals surface area contributed by atoms with Gasteiger partial charge in [-0.05, 0) is 6.07 Å². The van der Waals surface area contributed by atoms with Crippen LogP contribution in [0.5, 0.6) is 5.75 Å². The number of halogens is 3. The van der Waals surface area contributed by atoms with Crippen molar-refractivity contribution >= 4 is 17.8 Å². The van der Waals surface area contributed by atoms with Crippen LogP contribution in [-0.2, 0) is 9.59 Å². The van der Waals surface area contributed by atoms with Gasteiger partial charge in [0.1, 0.15) is 6.54 Å². The van der Waals surface area contributed by atoms with Crippen molar-refractivity contribution in [1.82, 2.24) is 10.6 Å². The van der Waals surface area contributed by atoms with Gasteiger partial charge in [0, 0.05) is 0 Å². The first-order valence-corrected chi connectivity index (χ1v) is 5.37. The smallest absolute Gasteiger partial charge is 0.322 e. The summed E-state index contributed by atoms with van der Waals surface area (Å²) in [6, 6.07) is 0.217. The molecule has 0 aromatic heterocycles. The number of phenolic OH excluding ortho intramolecular Hbond substituents is 1. The second-order valence-electron chi connectivity index (χ2n) is 3.74. The van der Waals surface area contributed by atoms with Gasteiger partial charge in [-0.3, -0.25) is 14.4 Å². The number of aromatic hydroxyl groups is 1. The van der Waals surface area contributed by atoms with E-state index in [-0.39, 0.29) is 6.07 Å². The SMILES string of the molecule is O=C(O)CNC(=O)CNC(=O)c1cc(F)c(F)c(O)c1F. The number of aliphatic carboxylic acids is 1. The number of hydrogen-bond donors (Lipinski definition) is 4. The molecular weight excluding hydrogens is 297 g/mol. The Labute approximate surface area is 115 Å². The van der Waals surface area contributed by atoms with Gasteiger partial charge in [-0.25, -0.2) is 8.78 Å². The molecule has 2 amide bonds. The summed E-state index contributed by atoms with van der Waals surface area (Å²) in [6.07, 6.45) is 0. The number of amides is 2. The Morgan fingerprint density at radius 1 is 1.05 bits per heavy atom. The highest BCUT2D eigenvalue weighted by atomic mass is 19.2. The van der Waals surface area contributed by atoms with E-state index in [1.54, 1.807) is 0 Å². The molecule has 0 aliphatic carbocycles. The number of carboxylic acid groups (broad SMARTS) is 1. The normalized spacial score (nSPS) is 10.0. The number of benzene rings is 1. The Balaban J connectivity index is 2.73. The summed E-state index contributed by atoms with van der Waals surface area (Å²) in [5, 5.41) is 21.0. The molecule has 1 rings (SSSR count). The van der Waals surface area contributed by atoms with Gasteiger partial charge >= 0.3 is 5.97 Å². The molecule has 0 radical (unpaired) electrons. The lowest BCUT2D eigenvalue weighted by atomic mass is 10.1. The molecule has 1 aromatic carbocycles. The Kier molecular flexibility index (Phi) is 5.11. The minimum absolute atomic E-state index is 0.217. The first kappa shape index (κ1) is 16.3. The first-order valence-electron chi connectivity index (χ1n) is 5.37. The molecule has 0 bridgehead atoms. The summed E-state index contributed by atoms with van der Waals surface area (Å²) >= 11 is 0. The van der Waals surface area contributed by atoms with E-state index >= 15 is 0 Å². The van der Waals surface area contributed by atoms with Crippen LogP contribution in [0.1, 0.15) is 10.4 Å². The summed E-state index contributed by atoms with van der Waals surface area (Å²) < 4.78 is 39.1. The third-order valence-corrected chi connectivity index (χ3v) is 2.22. The molecular formula is C11H9F3N2O5. The summed E-state index contributed by atoms with van der Waals surface area (Å²) in [5.41, 5.74) is -1.00. The molecule has 10 heteroatoms. The quantitative estimate of drug-likeness (QED) is 0.559. The molecule has 1 aromatic rings. The van der Waals surface area contributed by atoms with Gasteiger partial charge in [0.15, 0.2) is 17.4 Å². The standard InChI is InChI=1S/C11H9F3N2O5/c12-5-1-4(8(13)10(20)9(5)14)11(21)16-2-6(17)15-3-7(18)19/h1,20H,2-3H2,(H,15,17)(H,16,21)(H,18,19). The number of carbonyl (C=O) groups excluding carboxylic acids is 2. The van der Waals surface area contributed by atoms with Crippen molar-refractivity contribution in [3.8, 4) is 5.75 Å². The van der Waals surface area contributed by atoms with Gasteiger partial charge in [-0.1, -0.05) is 0 Å². The fraction of sp³-hybridized carbons (Fsp3) is 0.182. The lowest BCUT2D eigenvalue weighted by Crippen LogP contribution is -2.39. The minimum Gasteiger partial charge on any atom is -0.503 e. The second kappa shape index (κ2) is 6.59. The Hall–Kier alpha value is -2.78. The molecule has 0 fully saturated rings. The lowest BCUT2D eigenvalue weighted by molar-refractivity contribution is -0.137. The molecule has 0 atom stereocenters. The van der Waals surface area contributed by atoms with Crippen LogP contribution >= 0.6 is 0 Å². The highest BCUT2D eigenvalue weighted by Crippen LogP contribution is 2.25. The van der Waals surface area contributed by atoms with Crippen LogP contribution in [0.15, 0.2) is 6.07 Å². The van der Waals surface area contributed by atoms with E-state index in [4.69, 9.17) is 10.2 Å². The first-order chi connectivity index (χ1) is 9.73. The van der Waals surface area contributed by atoms with Crippen LogP contribution in [0.4, 0.5) is 13.2 Å². The fourth-order valence-electron chi connectivity index (χ4n) is 1.25. The van der Waals surface area contributed by atoms with Gasteiger partial charge in [-0.15, -0.1) is 0 Å². The van der Waals surface area contributed by atoms with Gasteiger partial charge in [-0.2, -0.15) is 4.39 Å². The topological polar surface area (TPSA) is 116 Å². The maximum absolute atomic E-state index is 13.4. The second-order valence-corrected chi connectivity index (χ2v) is 3.74. The summed E-state index contributed by atoms with van der Waals surface area (Å²) in [7, 11) is 0. The van der Waals surface area contributed by atoms with Crippen LogP contribution < -0.4 is 10.6 Å². The molecule has 21 heavy (non-hydrogen) atoms. The predicted molar refractivity (Wildman–Crippen MR) is 61.0 cm³/mol. The van der Waals surface area contributed by atoms with Crippen molar-refractivity contribution in [3.05, 3.63) is 29.1 Å². The molecule has 7 nitrogen and oxygen atoms in total. The van der Waals surface area contributed by atoms with Crippen molar-refractivity contribution in [3.63, 3.8) is 0 Å². The maximum Gasteiger partial charge on any atom is 0.322 e. The zero-order valence-electron chi connectivity index (χ0n) is 10.2. The molecule has 0 saturated carbocycles. The molecule has 4 N–H and O–H groups in total. The van der Waals surface area contributed by atoms with Gasteiger partial charge < -0.3 is 20.8 Å². The van der Waals surface area contributed by atoms with E-state index in [0.29, 0.717) is 0 Å². The number of phenols is 1. The zero-order valence-corrected chi connectivity index (χ0v) is 10.2. The van der Waals surface area contributed by atoms with Gasteiger partial charge in [0.2, 0.25) is 11.7 Å². The third-order valence-electron chi connectivity index (χ3n) is 2.22. The van der Waals surface area contributed by atoms with Crippen molar-refractivity contribution in [2.24, 2.45) is 0 Å². The van der Waals surface area contributed by atoms with E-state index in [0.717, 1.165) is 0 Å². The van der Waals surface area contributed by atoms with Crippen molar-refractivity contribution in [1.29, 1.82) is 0 Å². The maximum atomic E-state index is 13.4. The van der Waals surface area contributed by atoms with Gasteiger partial charge in [0.05, 0.1) is 12.1 Å². The molecule has 0 heterocycles. The molecule has 0 aliphatic heterocycles. The molecule has 0 aliphatic rings. The predicted octanol–water partition coefficient (Wildman–Crippen LogP) is -0.260. The third kappa shape index (κ3) is 4.09. The van der Waals surface area contributed by atoms with Crippen LogP contribution in [-0.4, -0.2) is 41.1 Å². The number of carboxylic acids is 1. The number of nitrogens with one attached hydrogen (secondary N) is 2. The Morgan fingerprint density at radius 3 is 2.24 bits per heavy atom. The van der Waals surface area contributed by atoms with Crippen LogP contribution in [0.3, 0.4) is 0 Å². The largest absolute Gasteiger partial charge is 0.503 e. The minimum atomic E-state index is -1.84. The van der Waals surface area contributed by atoms with Crippen LogP contribution in [0.25, 0.3) is 0 Å². The van der Waals surface area contributed by atoms with Gasteiger partial charge in [0.25, 0.3) is 5.91 Å². The van der Waals surface area contributed by atoms with Crippen LogP contribution in [0.2, 0.25) is 0 Å². The van der Waals surface area contributed by atoms with E-state index in [2.05, 4.69) is 0 Å². The highest BCUT2D eigenvalue weighted by Gasteiger charge is 2.22. The molecule has 0 saturated heterocycles. The molecule has 0 spiro atoms. The Morgan fingerprint density at radius 2 is 1.67 bits per heavy atom. The average Bonchev–Trinajstić information content (AvgIpc) is 2.44. The van der Waals surface area contributed by atoms with Crippen molar-refractivity contribution in [2.75, 3.05) is 13.1 Å². The number of hydrogen-bond acceptors (Lipinski definition) is 4. The van der Waals surface area contributed by atoms with E-state index in [1.165, 1.54) is 0 Å². The number of rotatable bonds is 5. The summed E-state index contributed by atoms with van der Waals surface area (Å²) in [5.74, 6) is -10.3. The van der Waals surface area contributed by atoms with E-state index in [1.807, 2.05) is 10.6 Å². The molecule has 0 unspecified atom stereocenters. The summed E-state index contributed by atoms with van der Waals surface area (Å²) in [6.45, 7) is -1.40. The van der Waals surface area contributed by atoms with E-state index in [9.17, 15) is 27.6 Å². The monoisotopic (exact) mass is 306 g/mol.